The highest BCUT2D eigenvalue weighted by atomic mass is 16.5. The van der Waals surface area contributed by atoms with Crippen LogP contribution in [0, 0.1) is 0 Å². The summed E-state index contributed by atoms with van der Waals surface area (Å²) in [6.07, 6.45) is 4.50. The van der Waals surface area contributed by atoms with Gasteiger partial charge in [0.15, 0.2) is 0 Å². The highest BCUT2D eigenvalue weighted by Gasteiger charge is 1.96. The molecule has 0 unspecified atom stereocenters. The molecule has 0 radical (unpaired) electrons. The molecular formula is C10H17N3O. The second-order valence-corrected chi connectivity index (χ2v) is 2.98. The van der Waals surface area contributed by atoms with Crippen LogP contribution in [0.25, 0.3) is 0 Å². The third-order valence-electron chi connectivity index (χ3n) is 1.66. The van der Waals surface area contributed by atoms with Gasteiger partial charge in [-0.3, -0.25) is 4.98 Å². The molecule has 0 atom stereocenters. The van der Waals surface area contributed by atoms with Gasteiger partial charge in [-0.1, -0.05) is 6.92 Å². The summed E-state index contributed by atoms with van der Waals surface area (Å²) in [7, 11) is 0. The molecule has 0 saturated carbocycles. The fourth-order valence-corrected chi connectivity index (χ4v) is 1.02. The van der Waals surface area contributed by atoms with E-state index in [2.05, 4.69) is 22.2 Å². The molecule has 4 nitrogen and oxygen atoms in total. The van der Waals surface area contributed by atoms with Gasteiger partial charge in [0.1, 0.15) is 5.82 Å². The van der Waals surface area contributed by atoms with Gasteiger partial charge in [-0.15, -0.1) is 0 Å². The van der Waals surface area contributed by atoms with Gasteiger partial charge in [0.25, 0.3) is 0 Å². The molecule has 0 fully saturated rings. The summed E-state index contributed by atoms with van der Waals surface area (Å²) in [5.74, 6) is 0.812. The molecule has 0 aliphatic rings. The number of aromatic nitrogens is 2. The number of nitrogens with one attached hydrogen (secondary N) is 1. The predicted molar refractivity (Wildman–Crippen MR) is 56.1 cm³/mol. The third-order valence-corrected chi connectivity index (χ3v) is 1.66. The van der Waals surface area contributed by atoms with E-state index in [4.69, 9.17) is 4.74 Å². The first-order chi connectivity index (χ1) is 6.86. The van der Waals surface area contributed by atoms with E-state index < -0.39 is 0 Å². The maximum absolute atomic E-state index is 5.35. The summed E-state index contributed by atoms with van der Waals surface area (Å²) in [4.78, 5) is 8.41. The van der Waals surface area contributed by atoms with Crippen LogP contribution >= 0.6 is 0 Å². The lowest BCUT2D eigenvalue weighted by Crippen LogP contribution is -2.02. The van der Waals surface area contributed by atoms with E-state index in [0.717, 1.165) is 31.1 Å². The highest BCUT2D eigenvalue weighted by Crippen LogP contribution is 2.01. The van der Waals surface area contributed by atoms with Gasteiger partial charge < -0.3 is 10.1 Å². The first-order valence-electron chi connectivity index (χ1n) is 4.99. The summed E-state index contributed by atoms with van der Waals surface area (Å²) in [5, 5.41) is 3.09. The Morgan fingerprint density at radius 3 is 2.71 bits per heavy atom. The van der Waals surface area contributed by atoms with E-state index in [1.807, 2.05) is 6.92 Å². The first kappa shape index (κ1) is 10.9. The average molecular weight is 195 g/mol. The number of hydrogen-bond acceptors (Lipinski definition) is 4. The van der Waals surface area contributed by atoms with Gasteiger partial charge in [0, 0.05) is 13.2 Å². The molecule has 0 aliphatic carbocycles. The van der Waals surface area contributed by atoms with Gasteiger partial charge in [0.2, 0.25) is 0 Å². The van der Waals surface area contributed by atoms with E-state index in [9.17, 15) is 0 Å². The van der Waals surface area contributed by atoms with Crippen molar-refractivity contribution in [3.63, 3.8) is 0 Å². The van der Waals surface area contributed by atoms with Crippen LogP contribution in [0.15, 0.2) is 12.4 Å². The maximum Gasteiger partial charge on any atom is 0.144 e. The largest absolute Gasteiger partial charge is 0.375 e. The minimum Gasteiger partial charge on any atom is -0.375 e. The molecule has 1 aromatic rings. The smallest absolute Gasteiger partial charge is 0.144 e. The predicted octanol–water partition coefficient (Wildman–Crippen LogP) is 1.83. The Bertz CT molecular complexity index is 248. The molecule has 1 N–H and O–H groups in total. The van der Waals surface area contributed by atoms with Crippen LogP contribution < -0.4 is 5.32 Å². The normalized spacial score (nSPS) is 10.1. The Morgan fingerprint density at radius 1 is 1.29 bits per heavy atom. The second-order valence-electron chi connectivity index (χ2n) is 2.98. The lowest BCUT2D eigenvalue weighted by Gasteiger charge is -2.03. The van der Waals surface area contributed by atoms with Gasteiger partial charge in [-0.05, 0) is 13.3 Å². The molecule has 0 saturated heterocycles. The van der Waals surface area contributed by atoms with Crippen molar-refractivity contribution in [1.82, 2.24) is 9.97 Å². The van der Waals surface area contributed by atoms with Gasteiger partial charge in [-0.2, -0.15) is 0 Å². The Morgan fingerprint density at radius 2 is 2.14 bits per heavy atom. The number of rotatable bonds is 6. The van der Waals surface area contributed by atoms with E-state index in [-0.39, 0.29) is 0 Å². The molecule has 0 aliphatic heterocycles. The van der Waals surface area contributed by atoms with E-state index in [1.165, 1.54) is 0 Å². The highest BCUT2D eigenvalue weighted by molar-refractivity contribution is 5.30. The minimum atomic E-state index is 0.549. The fourth-order valence-electron chi connectivity index (χ4n) is 1.02. The van der Waals surface area contributed by atoms with Crippen LogP contribution in [-0.4, -0.2) is 23.1 Å². The molecular weight excluding hydrogens is 178 g/mol. The van der Waals surface area contributed by atoms with Crippen molar-refractivity contribution in [2.45, 2.75) is 26.9 Å². The molecule has 0 amide bonds. The summed E-state index contributed by atoms with van der Waals surface area (Å²) in [6, 6.07) is 0. The Balaban J connectivity index is 2.38. The van der Waals surface area contributed by atoms with Crippen molar-refractivity contribution >= 4 is 5.82 Å². The summed E-state index contributed by atoms with van der Waals surface area (Å²) < 4.78 is 5.35. The number of anilines is 1. The molecule has 4 heteroatoms. The number of hydrogen-bond donors (Lipinski definition) is 1. The third kappa shape index (κ3) is 3.70. The van der Waals surface area contributed by atoms with Crippen molar-refractivity contribution < 1.29 is 4.74 Å². The van der Waals surface area contributed by atoms with Crippen molar-refractivity contribution in [2.75, 3.05) is 18.5 Å². The van der Waals surface area contributed by atoms with Crippen LogP contribution in [-0.2, 0) is 11.3 Å². The molecule has 1 heterocycles. The van der Waals surface area contributed by atoms with Crippen LogP contribution in [0.3, 0.4) is 0 Å². The Labute approximate surface area is 84.7 Å². The molecule has 1 rings (SSSR count). The monoisotopic (exact) mass is 195 g/mol. The molecule has 78 valence electrons. The maximum atomic E-state index is 5.35. The Kier molecular flexibility index (Phi) is 4.93. The molecule has 0 aromatic carbocycles. The van der Waals surface area contributed by atoms with Crippen molar-refractivity contribution in [3.05, 3.63) is 18.1 Å². The quantitative estimate of drug-likeness (QED) is 0.703. The zero-order valence-electron chi connectivity index (χ0n) is 8.79. The van der Waals surface area contributed by atoms with Gasteiger partial charge in [0.05, 0.1) is 24.7 Å². The van der Waals surface area contributed by atoms with Crippen molar-refractivity contribution in [1.29, 1.82) is 0 Å². The van der Waals surface area contributed by atoms with Gasteiger partial charge >= 0.3 is 0 Å². The van der Waals surface area contributed by atoms with Crippen molar-refractivity contribution in [2.24, 2.45) is 0 Å². The van der Waals surface area contributed by atoms with Crippen LogP contribution in [0.2, 0.25) is 0 Å². The lowest BCUT2D eigenvalue weighted by atomic mass is 10.4. The van der Waals surface area contributed by atoms with Gasteiger partial charge in [-0.25, -0.2) is 4.98 Å². The van der Waals surface area contributed by atoms with Crippen LogP contribution in [0.4, 0.5) is 5.82 Å². The zero-order chi connectivity index (χ0) is 10.2. The fraction of sp³-hybridized carbons (Fsp3) is 0.600. The van der Waals surface area contributed by atoms with Crippen LogP contribution in [0.5, 0.6) is 0 Å². The van der Waals surface area contributed by atoms with Crippen molar-refractivity contribution in [3.8, 4) is 0 Å². The van der Waals surface area contributed by atoms with E-state index in [0.29, 0.717) is 6.61 Å². The summed E-state index contributed by atoms with van der Waals surface area (Å²) >= 11 is 0. The van der Waals surface area contributed by atoms with E-state index in [1.54, 1.807) is 12.4 Å². The first-order valence-corrected chi connectivity index (χ1v) is 4.99. The molecule has 0 spiro atoms. The molecule has 0 bridgehead atoms. The number of nitrogens with zero attached hydrogens (tertiary/aromatic N) is 2. The number of ether oxygens (including phenoxy) is 1. The molecule has 1 aromatic heterocycles. The lowest BCUT2D eigenvalue weighted by molar-refractivity contribution is 0.118. The molecule has 14 heavy (non-hydrogen) atoms. The van der Waals surface area contributed by atoms with Crippen LogP contribution in [0.1, 0.15) is 26.0 Å². The minimum absolute atomic E-state index is 0.549. The second kappa shape index (κ2) is 6.32. The average Bonchev–Trinajstić information content (AvgIpc) is 2.21. The SMILES string of the molecule is CCCOCc1cnc(NCC)cn1. The Hall–Kier alpha value is -1.16. The summed E-state index contributed by atoms with van der Waals surface area (Å²) in [5.41, 5.74) is 0.875. The van der Waals surface area contributed by atoms with E-state index >= 15 is 0 Å². The topological polar surface area (TPSA) is 47.0 Å². The standard InChI is InChI=1S/C10H17N3O/c1-3-5-14-8-9-6-13-10(7-12-9)11-4-2/h6-7H,3-5,8H2,1-2H3,(H,11,13). The summed E-state index contributed by atoms with van der Waals surface area (Å²) in [6.45, 7) is 6.30. The zero-order valence-corrected chi connectivity index (χ0v) is 8.79.